The number of hydrogen-bond donors (Lipinski definition) is 0. The van der Waals surface area contributed by atoms with Crippen molar-refractivity contribution in [1.82, 2.24) is 0 Å². The first-order valence-electron chi connectivity index (χ1n) is 10.6. The van der Waals surface area contributed by atoms with Crippen LogP contribution in [0.1, 0.15) is 79.1 Å². The van der Waals surface area contributed by atoms with Gasteiger partial charge in [0.2, 0.25) is 0 Å². The molecule has 0 saturated heterocycles. The summed E-state index contributed by atoms with van der Waals surface area (Å²) >= 11 is 0. The van der Waals surface area contributed by atoms with Gasteiger partial charge in [0.15, 0.2) is 16.1 Å². The van der Waals surface area contributed by atoms with Crippen LogP contribution in [0.25, 0.3) is 0 Å². The van der Waals surface area contributed by atoms with Gasteiger partial charge in [-0.25, -0.2) is 0 Å². The van der Waals surface area contributed by atoms with Crippen LogP contribution in [-0.2, 0) is 0 Å². The molecule has 0 aliphatic rings. The number of unbranched alkanes of at least 4 members (excludes halogenated alkanes) is 2. The van der Waals surface area contributed by atoms with Gasteiger partial charge < -0.3 is 0 Å². The number of allylic oxidation sites excluding steroid dienone is 2. The summed E-state index contributed by atoms with van der Waals surface area (Å²) in [6.07, 6.45) is 9.10. The van der Waals surface area contributed by atoms with E-state index in [4.69, 9.17) is 0 Å². The number of rotatable bonds is 9. The van der Waals surface area contributed by atoms with Gasteiger partial charge in [-0.1, -0.05) is 89.3 Å². The lowest BCUT2D eigenvalue weighted by Gasteiger charge is -2.20. The lowest BCUT2D eigenvalue weighted by atomic mass is 10.0. The fourth-order valence-electron chi connectivity index (χ4n) is 2.96. The van der Waals surface area contributed by atoms with Crippen LogP contribution in [0.5, 0.6) is 0 Å². The monoisotopic (exact) mass is 386 g/mol. The first-order valence-corrected chi connectivity index (χ1v) is 16.8. The summed E-state index contributed by atoms with van der Waals surface area (Å²) in [7, 11) is -3.25. The molecule has 0 aliphatic heterocycles. The molecule has 0 bridgehead atoms. The Morgan fingerprint density at radius 1 is 0.615 bits per heavy atom. The van der Waals surface area contributed by atoms with Gasteiger partial charge in [0.05, 0.1) is 0 Å². The molecule has 0 aromatic carbocycles. The first kappa shape index (κ1) is 25.0. The van der Waals surface area contributed by atoms with Crippen molar-refractivity contribution in [2.24, 2.45) is 0 Å². The molecule has 0 heterocycles. The summed E-state index contributed by atoms with van der Waals surface area (Å²) in [4.78, 5) is 0. The van der Waals surface area contributed by atoms with Crippen LogP contribution in [0, 0.1) is 22.9 Å². The summed E-state index contributed by atoms with van der Waals surface area (Å²) < 4.78 is 0. The summed E-state index contributed by atoms with van der Waals surface area (Å²) in [6, 6.07) is 0. The molecule has 2 heteroatoms. The van der Waals surface area contributed by atoms with E-state index in [0.29, 0.717) is 0 Å². The van der Waals surface area contributed by atoms with Crippen molar-refractivity contribution < 1.29 is 0 Å². The molecule has 0 aliphatic carbocycles. The molecule has 0 aromatic rings. The standard InChI is InChI=1S/C24H42Si2/c1-9-13-15-19-25(5,6)21-23(17-11-3)24(18-12-4)22-26(7,8)20-16-14-10-2/h21-22H,9-14,17-18H2,1-8H3. The normalized spacial score (nSPS) is 12.9. The molecule has 0 nitrogen and oxygen atoms in total. The van der Waals surface area contributed by atoms with E-state index in [9.17, 15) is 0 Å². The molecule has 0 atom stereocenters. The van der Waals surface area contributed by atoms with E-state index in [1.807, 2.05) is 0 Å². The molecular weight excluding hydrogens is 344 g/mol. The van der Waals surface area contributed by atoms with Gasteiger partial charge in [-0.05, 0) is 25.7 Å². The highest BCUT2D eigenvalue weighted by molar-refractivity contribution is 6.90. The lowest BCUT2D eigenvalue weighted by molar-refractivity contribution is 0.855. The summed E-state index contributed by atoms with van der Waals surface area (Å²) in [6.45, 7) is 18.5. The van der Waals surface area contributed by atoms with E-state index in [2.05, 4.69) is 88.2 Å². The first-order chi connectivity index (χ1) is 12.2. The largest absolute Gasteiger partial charge is 0.155 e. The maximum Gasteiger partial charge on any atom is 0.155 e. The topological polar surface area (TPSA) is 0 Å². The van der Waals surface area contributed by atoms with Crippen molar-refractivity contribution in [3.63, 3.8) is 0 Å². The van der Waals surface area contributed by atoms with Crippen molar-refractivity contribution in [2.75, 3.05) is 0 Å². The second-order valence-electron chi connectivity index (χ2n) is 8.39. The zero-order valence-corrected chi connectivity index (χ0v) is 20.8. The molecule has 146 valence electrons. The molecule has 0 N–H and O–H groups in total. The molecular formula is C24H42Si2. The molecule has 0 saturated carbocycles. The predicted octanol–water partition coefficient (Wildman–Crippen LogP) is 7.62. The highest BCUT2D eigenvalue weighted by Gasteiger charge is 2.20. The minimum Gasteiger partial charge on any atom is -0.127 e. The van der Waals surface area contributed by atoms with Gasteiger partial charge in [0.1, 0.15) is 0 Å². The summed E-state index contributed by atoms with van der Waals surface area (Å²) in [5, 5.41) is 0. The average molecular weight is 387 g/mol. The third kappa shape index (κ3) is 11.6. The van der Waals surface area contributed by atoms with Crippen LogP contribution in [0.4, 0.5) is 0 Å². The Morgan fingerprint density at radius 3 is 1.23 bits per heavy atom. The van der Waals surface area contributed by atoms with E-state index < -0.39 is 16.1 Å². The minimum atomic E-state index is -1.62. The Balaban J connectivity index is 5.87. The fourth-order valence-corrected chi connectivity index (χ4v) is 6.67. The molecule has 0 aromatic heterocycles. The third-order valence-corrected chi connectivity index (χ3v) is 7.87. The molecule has 26 heavy (non-hydrogen) atoms. The Bertz CT molecular complexity index is 529. The van der Waals surface area contributed by atoms with Gasteiger partial charge in [-0.3, -0.25) is 0 Å². The average Bonchev–Trinajstić information content (AvgIpc) is 2.54. The second-order valence-corrected chi connectivity index (χ2v) is 16.4. The van der Waals surface area contributed by atoms with Crippen LogP contribution in [0.3, 0.4) is 0 Å². The van der Waals surface area contributed by atoms with Crippen molar-refractivity contribution in [1.29, 1.82) is 0 Å². The quantitative estimate of drug-likeness (QED) is 0.217. The van der Waals surface area contributed by atoms with Gasteiger partial charge in [-0.2, -0.15) is 0 Å². The van der Waals surface area contributed by atoms with Crippen LogP contribution in [0.2, 0.25) is 26.2 Å². The smallest absolute Gasteiger partial charge is 0.127 e. The molecule has 0 fully saturated rings. The van der Waals surface area contributed by atoms with Crippen LogP contribution >= 0.6 is 0 Å². The maximum atomic E-state index is 3.62. The van der Waals surface area contributed by atoms with Crippen LogP contribution in [-0.4, -0.2) is 16.1 Å². The van der Waals surface area contributed by atoms with Crippen LogP contribution in [0.15, 0.2) is 22.5 Å². The predicted molar refractivity (Wildman–Crippen MR) is 126 cm³/mol. The van der Waals surface area contributed by atoms with E-state index >= 15 is 0 Å². The van der Waals surface area contributed by atoms with E-state index in [-0.39, 0.29) is 0 Å². The Hall–Kier alpha value is -0.966. The van der Waals surface area contributed by atoms with Gasteiger partial charge in [0, 0.05) is 12.8 Å². The van der Waals surface area contributed by atoms with Gasteiger partial charge >= 0.3 is 0 Å². The van der Waals surface area contributed by atoms with Gasteiger partial charge in [-0.15, -0.1) is 22.9 Å². The Morgan fingerprint density at radius 2 is 0.962 bits per heavy atom. The Kier molecular flexibility index (Phi) is 12.7. The summed E-state index contributed by atoms with van der Waals surface area (Å²) in [5.41, 5.74) is 15.5. The zero-order valence-electron chi connectivity index (χ0n) is 18.8. The minimum absolute atomic E-state index is 1.03. The molecule has 0 rings (SSSR count). The lowest BCUT2D eigenvalue weighted by Crippen LogP contribution is -2.24. The third-order valence-electron chi connectivity index (χ3n) is 4.09. The fraction of sp³-hybridized carbons (Fsp3) is 0.667. The van der Waals surface area contributed by atoms with Gasteiger partial charge in [0.25, 0.3) is 0 Å². The SMILES string of the molecule is CCCC#C[Si](C)(C)C=C(CCC)C(=C[Si](C)(C)C#CCCC)CCC. The Labute approximate surface area is 167 Å². The van der Waals surface area contributed by atoms with E-state index in [1.165, 1.54) is 25.7 Å². The highest BCUT2D eigenvalue weighted by atomic mass is 28.3. The molecule has 0 amide bonds. The summed E-state index contributed by atoms with van der Waals surface area (Å²) in [5.74, 6) is 6.82. The van der Waals surface area contributed by atoms with E-state index in [0.717, 1.165) is 25.7 Å². The van der Waals surface area contributed by atoms with Crippen molar-refractivity contribution >= 4 is 16.1 Å². The van der Waals surface area contributed by atoms with Crippen molar-refractivity contribution in [3.8, 4) is 22.9 Å². The van der Waals surface area contributed by atoms with Crippen molar-refractivity contribution in [3.05, 3.63) is 22.5 Å². The zero-order chi connectivity index (χ0) is 20.1. The maximum absolute atomic E-state index is 3.62. The second kappa shape index (κ2) is 13.2. The molecule has 0 unspecified atom stereocenters. The van der Waals surface area contributed by atoms with E-state index in [1.54, 1.807) is 11.1 Å². The van der Waals surface area contributed by atoms with Crippen LogP contribution < -0.4 is 0 Å². The van der Waals surface area contributed by atoms with Crippen molar-refractivity contribution in [2.45, 2.75) is 105 Å². The number of hydrogen-bond acceptors (Lipinski definition) is 0. The highest BCUT2D eigenvalue weighted by Crippen LogP contribution is 2.25. The molecule has 0 radical (unpaired) electrons. The molecule has 0 spiro atoms.